The molecule has 20 heavy (non-hydrogen) atoms. The fourth-order valence-electron chi connectivity index (χ4n) is 1.50. The van der Waals surface area contributed by atoms with Gasteiger partial charge in [0.15, 0.2) is 0 Å². The fraction of sp³-hybridized carbons (Fsp3) is 0.200. The molecule has 106 valence electrons. The smallest absolute Gasteiger partial charge is 0.270 e. The lowest BCUT2D eigenvalue weighted by atomic mass is 10.3. The third-order valence-corrected chi connectivity index (χ3v) is 2.74. The number of amides is 1. The number of nitrogens with one attached hydrogen (secondary N) is 1. The average molecular weight is 292 g/mol. The summed E-state index contributed by atoms with van der Waals surface area (Å²) in [5.74, 6) is -0.161. The van der Waals surface area contributed by atoms with Crippen LogP contribution in [0.3, 0.4) is 0 Å². The van der Waals surface area contributed by atoms with E-state index in [1.165, 1.54) is 0 Å². The third-order valence-electron chi connectivity index (χ3n) is 2.49. The average Bonchev–Trinajstić information content (AvgIpc) is 2.45. The SMILES string of the molecule is C=CCN(CC=C)C(=O)/C(C)=N/Nc1ccc(Cl)cc1. The zero-order valence-corrected chi connectivity index (χ0v) is 12.2. The number of benzene rings is 1. The molecule has 0 atom stereocenters. The van der Waals surface area contributed by atoms with Gasteiger partial charge in [-0.1, -0.05) is 23.8 Å². The van der Waals surface area contributed by atoms with Crippen LogP contribution < -0.4 is 5.43 Å². The molecule has 4 nitrogen and oxygen atoms in total. The van der Waals surface area contributed by atoms with E-state index in [2.05, 4.69) is 23.7 Å². The van der Waals surface area contributed by atoms with E-state index in [-0.39, 0.29) is 5.91 Å². The molecule has 0 aliphatic carbocycles. The summed E-state index contributed by atoms with van der Waals surface area (Å²) in [7, 11) is 0. The maximum Gasteiger partial charge on any atom is 0.270 e. The number of carbonyl (C=O) groups excluding carboxylic acids is 1. The van der Waals surface area contributed by atoms with Crippen LogP contribution in [0.25, 0.3) is 0 Å². The Labute approximate surface area is 124 Å². The highest BCUT2D eigenvalue weighted by molar-refractivity contribution is 6.38. The molecule has 1 rings (SSSR count). The molecule has 1 N–H and O–H groups in total. The molecule has 0 bridgehead atoms. The van der Waals surface area contributed by atoms with E-state index < -0.39 is 0 Å². The van der Waals surface area contributed by atoms with Crippen molar-refractivity contribution in [1.29, 1.82) is 0 Å². The van der Waals surface area contributed by atoms with E-state index in [0.717, 1.165) is 5.69 Å². The highest BCUT2D eigenvalue weighted by atomic mass is 35.5. The van der Waals surface area contributed by atoms with Gasteiger partial charge >= 0.3 is 0 Å². The molecule has 1 amide bonds. The Morgan fingerprint density at radius 2 is 1.85 bits per heavy atom. The van der Waals surface area contributed by atoms with Crippen LogP contribution in [0.5, 0.6) is 0 Å². The van der Waals surface area contributed by atoms with Gasteiger partial charge in [-0.05, 0) is 31.2 Å². The summed E-state index contributed by atoms with van der Waals surface area (Å²) < 4.78 is 0. The lowest BCUT2D eigenvalue weighted by Crippen LogP contribution is -2.36. The number of nitrogens with zero attached hydrogens (tertiary/aromatic N) is 2. The zero-order valence-electron chi connectivity index (χ0n) is 11.5. The van der Waals surface area contributed by atoms with Crippen molar-refractivity contribution in [3.63, 3.8) is 0 Å². The molecule has 0 spiro atoms. The molecular weight excluding hydrogens is 274 g/mol. The Morgan fingerprint density at radius 1 is 1.30 bits per heavy atom. The van der Waals surface area contributed by atoms with E-state index >= 15 is 0 Å². The zero-order chi connectivity index (χ0) is 15.0. The molecule has 0 saturated carbocycles. The number of halogens is 1. The number of hydrazone groups is 1. The Bertz CT molecular complexity index is 498. The number of anilines is 1. The molecule has 0 unspecified atom stereocenters. The fourth-order valence-corrected chi connectivity index (χ4v) is 1.63. The Balaban J connectivity index is 2.71. The number of hydrogen-bond acceptors (Lipinski definition) is 3. The molecule has 0 saturated heterocycles. The van der Waals surface area contributed by atoms with Crippen LogP contribution in [0.2, 0.25) is 5.02 Å². The summed E-state index contributed by atoms with van der Waals surface area (Å²) in [6, 6.07) is 7.07. The summed E-state index contributed by atoms with van der Waals surface area (Å²) in [5.41, 5.74) is 3.95. The van der Waals surface area contributed by atoms with Crippen molar-refractivity contribution in [2.24, 2.45) is 5.10 Å². The van der Waals surface area contributed by atoms with Crippen molar-refractivity contribution in [2.75, 3.05) is 18.5 Å². The second-order valence-electron chi connectivity index (χ2n) is 4.10. The largest absolute Gasteiger partial charge is 0.330 e. The maximum atomic E-state index is 12.1. The standard InChI is InChI=1S/C15H18ClN3O/c1-4-10-19(11-5-2)15(20)12(3)17-18-14-8-6-13(16)7-9-14/h4-9,18H,1-2,10-11H2,3H3/b17-12+. The second-order valence-corrected chi connectivity index (χ2v) is 4.54. The Hall–Kier alpha value is -2.07. The van der Waals surface area contributed by atoms with E-state index in [9.17, 15) is 4.79 Å². The first-order valence-corrected chi connectivity index (χ1v) is 6.53. The van der Waals surface area contributed by atoms with E-state index in [1.54, 1.807) is 48.2 Å². The molecular formula is C15H18ClN3O. The highest BCUT2D eigenvalue weighted by Gasteiger charge is 2.13. The Kier molecular flexibility index (Phi) is 6.53. The van der Waals surface area contributed by atoms with Gasteiger partial charge in [-0.15, -0.1) is 13.2 Å². The predicted octanol–water partition coefficient (Wildman–Crippen LogP) is 3.33. The van der Waals surface area contributed by atoms with Crippen LogP contribution in [-0.4, -0.2) is 29.6 Å². The summed E-state index contributed by atoms with van der Waals surface area (Å²) >= 11 is 5.79. The number of rotatable bonds is 7. The van der Waals surface area contributed by atoms with Gasteiger partial charge < -0.3 is 4.90 Å². The topological polar surface area (TPSA) is 44.7 Å². The molecule has 0 fully saturated rings. The first kappa shape index (κ1) is 16.0. The van der Waals surface area contributed by atoms with Crippen LogP contribution in [0.4, 0.5) is 5.69 Å². The van der Waals surface area contributed by atoms with Gasteiger partial charge in [-0.3, -0.25) is 10.2 Å². The van der Waals surface area contributed by atoms with Gasteiger partial charge in [-0.2, -0.15) is 5.10 Å². The van der Waals surface area contributed by atoms with Crippen LogP contribution >= 0.6 is 11.6 Å². The van der Waals surface area contributed by atoms with Crippen LogP contribution in [0.1, 0.15) is 6.92 Å². The normalized spacial score (nSPS) is 10.8. The van der Waals surface area contributed by atoms with Crippen molar-refractivity contribution >= 4 is 28.9 Å². The van der Waals surface area contributed by atoms with Crippen molar-refractivity contribution in [3.8, 4) is 0 Å². The monoisotopic (exact) mass is 291 g/mol. The molecule has 0 heterocycles. The van der Waals surface area contributed by atoms with Crippen molar-refractivity contribution in [1.82, 2.24) is 4.90 Å². The molecule has 1 aromatic rings. The van der Waals surface area contributed by atoms with Gasteiger partial charge in [0.25, 0.3) is 5.91 Å². The van der Waals surface area contributed by atoms with Crippen LogP contribution in [-0.2, 0) is 4.79 Å². The van der Waals surface area contributed by atoms with Gasteiger partial charge in [-0.25, -0.2) is 0 Å². The quantitative estimate of drug-likeness (QED) is 0.476. The Morgan fingerprint density at radius 3 is 2.35 bits per heavy atom. The molecule has 0 aliphatic rings. The summed E-state index contributed by atoms with van der Waals surface area (Å²) in [5, 5.41) is 4.72. The van der Waals surface area contributed by atoms with E-state index in [4.69, 9.17) is 11.6 Å². The lowest BCUT2D eigenvalue weighted by Gasteiger charge is -2.18. The first-order valence-electron chi connectivity index (χ1n) is 6.15. The molecule has 0 aromatic heterocycles. The van der Waals surface area contributed by atoms with E-state index in [0.29, 0.717) is 23.8 Å². The third kappa shape index (κ3) is 4.90. The molecule has 0 aliphatic heterocycles. The van der Waals surface area contributed by atoms with E-state index in [1.807, 2.05) is 0 Å². The van der Waals surface area contributed by atoms with Crippen LogP contribution in [0.15, 0.2) is 54.7 Å². The minimum Gasteiger partial charge on any atom is -0.330 e. The van der Waals surface area contributed by atoms with Crippen LogP contribution in [0, 0.1) is 0 Å². The molecule has 1 aromatic carbocycles. The number of hydrogen-bond donors (Lipinski definition) is 1. The van der Waals surface area contributed by atoms with Crippen molar-refractivity contribution < 1.29 is 4.79 Å². The summed E-state index contributed by atoms with van der Waals surface area (Å²) in [6.45, 7) is 9.83. The second kappa shape index (κ2) is 8.17. The van der Waals surface area contributed by atoms with Gasteiger partial charge in [0, 0.05) is 18.1 Å². The first-order chi connectivity index (χ1) is 9.58. The minimum atomic E-state index is -0.161. The minimum absolute atomic E-state index is 0.161. The van der Waals surface area contributed by atoms with Crippen molar-refractivity contribution in [2.45, 2.75) is 6.92 Å². The molecule has 5 heteroatoms. The molecule has 0 radical (unpaired) electrons. The van der Waals surface area contributed by atoms with Gasteiger partial charge in [0.2, 0.25) is 0 Å². The van der Waals surface area contributed by atoms with Gasteiger partial charge in [0.1, 0.15) is 5.71 Å². The van der Waals surface area contributed by atoms with Crippen molar-refractivity contribution in [3.05, 3.63) is 54.6 Å². The predicted molar refractivity (Wildman–Crippen MR) is 85.2 cm³/mol. The summed E-state index contributed by atoms with van der Waals surface area (Å²) in [6.07, 6.45) is 3.34. The van der Waals surface area contributed by atoms with Gasteiger partial charge in [0.05, 0.1) is 5.69 Å². The summed E-state index contributed by atoms with van der Waals surface area (Å²) in [4.78, 5) is 13.7. The lowest BCUT2D eigenvalue weighted by molar-refractivity contribution is -0.123. The maximum absolute atomic E-state index is 12.1. The highest BCUT2D eigenvalue weighted by Crippen LogP contribution is 2.13. The number of carbonyl (C=O) groups is 1.